The average Bonchev–Trinajstić information content (AvgIpc) is 2.89. The second-order valence-electron chi connectivity index (χ2n) is 5.19. The predicted octanol–water partition coefficient (Wildman–Crippen LogP) is 2.22. The van der Waals surface area contributed by atoms with E-state index in [1.807, 2.05) is 26.0 Å². The summed E-state index contributed by atoms with van der Waals surface area (Å²) in [6, 6.07) is 6.99. The number of carbonyl (C=O) groups is 2. The van der Waals surface area contributed by atoms with E-state index in [1.54, 1.807) is 18.2 Å². The van der Waals surface area contributed by atoms with Crippen molar-refractivity contribution < 1.29 is 9.59 Å². The lowest BCUT2D eigenvalue weighted by molar-refractivity contribution is -0.110. The third kappa shape index (κ3) is 2.23. The second kappa shape index (κ2) is 4.63. The van der Waals surface area contributed by atoms with Crippen molar-refractivity contribution in [2.24, 2.45) is 5.73 Å². The van der Waals surface area contributed by atoms with Crippen molar-refractivity contribution >= 4 is 29.2 Å². The molecule has 1 aromatic carbocycles. The van der Waals surface area contributed by atoms with E-state index in [4.69, 9.17) is 5.73 Å². The highest BCUT2D eigenvalue weighted by atomic mass is 16.2. The molecule has 21 heavy (non-hydrogen) atoms. The Hall–Kier alpha value is -2.82. The second-order valence-corrected chi connectivity index (χ2v) is 5.19. The molecule has 106 valence electrons. The van der Waals surface area contributed by atoms with Crippen molar-refractivity contribution in [3.05, 3.63) is 52.3 Å². The van der Waals surface area contributed by atoms with Crippen molar-refractivity contribution in [2.75, 3.05) is 5.32 Å². The molecule has 1 aromatic heterocycles. The smallest absolute Gasteiger partial charge is 0.256 e. The van der Waals surface area contributed by atoms with Gasteiger partial charge in [-0.1, -0.05) is 6.07 Å². The number of primary amides is 1. The number of nitrogens with two attached hydrogens (primary N) is 1. The highest BCUT2D eigenvalue weighted by molar-refractivity contribution is 6.35. The minimum atomic E-state index is -0.514. The molecule has 0 atom stereocenters. The van der Waals surface area contributed by atoms with Crippen molar-refractivity contribution in [1.82, 2.24) is 4.98 Å². The summed E-state index contributed by atoms with van der Waals surface area (Å²) in [6.07, 6.45) is 1.83. The van der Waals surface area contributed by atoms with E-state index in [-0.39, 0.29) is 5.91 Å². The van der Waals surface area contributed by atoms with Crippen LogP contribution in [0.4, 0.5) is 5.69 Å². The van der Waals surface area contributed by atoms with Gasteiger partial charge in [0.05, 0.1) is 5.57 Å². The molecular weight excluding hydrogens is 266 g/mol. The van der Waals surface area contributed by atoms with Gasteiger partial charge in [-0.15, -0.1) is 0 Å². The molecule has 0 bridgehead atoms. The first-order chi connectivity index (χ1) is 9.95. The van der Waals surface area contributed by atoms with Gasteiger partial charge in [0.25, 0.3) is 5.91 Å². The molecule has 0 radical (unpaired) electrons. The summed E-state index contributed by atoms with van der Waals surface area (Å²) < 4.78 is 0. The number of H-pyrrole nitrogens is 1. The predicted molar refractivity (Wildman–Crippen MR) is 81.7 cm³/mol. The summed E-state index contributed by atoms with van der Waals surface area (Å²) in [5.74, 6) is -0.696. The zero-order valence-corrected chi connectivity index (χ0v) is 11.8. The summed E-state index contributed by atoms with van der Waals surface area (Å²) in [6.45, 7) is 3.96. The van der Waals surface area contributed by atoms with Gasteiger partial charge in [-0.25, -0.2) is 0 Å². The molecule has 2 aromatic rings. The van der Waals surface area contributed by atoms with Crippen LogP contribution in [0.25, 0.3) is 11.6 Å². The van der Waals surface area contributed by atoms with Gasteiger partial charge in [0.1, 0.15) is 0 Å². The molecule has 5 nitrogen and oxygen atoms in total. The monoisotopic (exact) mass is 281 g/mol. The lowest BCUT2D eigenvalue weighted by atomic mass is 10.0. The maximum atomic E-state index is 12.1. The molecule has 0 saturated carbocycles. The number of fused-ring (bicyclic) bond motifs is 1. The summed E-state index contributed by atoms with van der Waals surface area (Å²) in [7, 11) is 0. The first kappa shape index (κ1) is 13.2. The first-order valence-electron chi connectivity index (χ1n) is 6.59. The van der Waals surface area contributed by atoms with E-state index in [0.717, 1.165) is 22.5 Å². The van der Waals surface area contributed by atoms with Crippen LogP contribution in [0.1, 0.15) is 32.9 Å². The van der Waals surface area contributed by atoms with Crippen LogP contribution in [0.15, 0.2) is 24.3 Å². The van der Waals surface area contributed by atoms with Crippen molar-refractivity contribution in [1.29, 1.82) is 0 Å². The van der Waals surface area contributed by atoms with Gasteiger partial charge >= 0.3 is 0 Å². The highest BCUT2D eigenvalue weighted by Crippen LogP contribution is 2.34. The maximum Gasteiger partial charge on any atom is 0.256 e. The van der Waals surface area contributed by atoms with Crippen LogP contribution >= 0.6 is 0 Å². The zero-order valence-electron chi connectivity index (χ0n) is 11.8. The van der Waals surface area contributed by atoms with Crippen LogP contribution in [0.3, 0.4) is 0 Å². The third-order valence-corrected chi connectivity index (χ3v) is 3.57. The normalized spacial score (nSPS) is 15.1. The number of aryl methyl sites for hydroxylation is 2. The van der Waals surface area contributed by atoms with Crippen LogP contribution in [0.5, 0.6) is 0 Å². The maximum absolute atomic E-state index is 12.1. The standard InChI is InChI=1S/C16H15N3O2/c1-8-5-9(2)18-13(8)7-12-11-4-3-10(15(17)20)6-14(11)19-16(12)21/h3-7,18H,1-2H3,(H2,17,20)(H,19,21)/b12-7-. The molecule has 2 amide bonds. The fourth-order valence-corrected chi connectivity index (χ4v) is 2.53. The number of nitrogens with one attached hydrogen (secondary N) is 2. The molecule has 1 aliphatic rings. The number of rotatable bonds is 2. The topological polar surface area (TPSA) is 88.0 Å². The molecule has 0 aliphatic carbocycles. The Morgan fingerprint density at radius 1 is 1.24 bits per heavy atom. The first-order valence-corrected chi connectivity index (χ1v) is 6.59. The molecule has 0 unspecified atom stereocenters. The van der Waals surface area contributed by atoms with Gasteiger partial charge in [-0.3, -0.25) is 9.59 Å². The quantitative estimate of drug-likeness (QED) is 0.737. The Morgan fingerprint density at radius 3 is 2.62 bits per heavy atom. The molecule has 5 heteroatoms. The van der Waals surface area contributed by atoms with Crippen LogP contribution in [-0.2, 0) is 4.79 Å². The average molecular weight is 281 g/mol. The number of amides is 2. The molecule has 1 aliphatic heterocycles. The number of anilines is 1. The van der Waals surface area contributed by atoms with E-state index in [1.165, 1.54) is 0 Å². The van der Waals surface area contributed by atoms with Crippen LogP contribution in [0.2, 0.25) is 0 Å². The van der Waals surface area contributed by atoms with Crippen molar-refractivity contribution in [2.45, 2.75) is 13.8 Å². The van der Waals surface area contributed by atoms with Crippen LogP contribution in [-0.4, -0.2) is 16.8 Å². The molecule has 0 spiro atoms. The Bertz CT molecular complexity index is 800. The largest absolute Gasteiger partial charge is 0.366 e. The molecule has 4 N–H and O–H groups in total. The molecule has 2 heterocycles. The summed E-state index contributed by atoms with van der Waals surface area (Å²) in [5, 5.41) is 2.76. The number of hydrogen-bond donors (Lipinski definition) is 3. The molecule has 3 rings (SSSR count). The Balaban J connectivity index is 2.09. The minimum Gasteiger partial charge on any atom is -0.366 e. The lowest BCUT2D eigenvalue weighted by Gasteiger charge is -2.01. The SMILES string of the molecule is Cc1cc(C)c(/C=C2\C(=O)Nc3cc(C(N)=O)ccc32)[nH]1. The van der Waals surface area contributed by atoms with Crippen LogP contribution in [0, 0.1) is 13.8 Å². The fraction of sp³-hybridized carbons (Fsp3) is 0.125. The number of hydrogen-bond acceptors (Lipinski definition) is 2. The number of carbonyl (C=O) groups excluding carboxylic acids is 2. The molecule has 0 saturated heterocycles. The summed E-state index contributed by atoms with van der Waals surface area (Å²) in [5.41, 5.74) is 10.6. The Kier molecular flexibility index (Phi) is 2.90. The van der Waals surface area contributed by atoms with Gasteiger partial charge in [0.15, 0.2) is 0 Å². The van der Waals surface area contributed by atoms with E-state index in [0.29, 0.717) is 16.8 Å². The zero-order chi connectivity index (χ0) is 15.1. The molecular formula is C16H15N3O2. The van der Waals surface area contributed by atoms with Gasteiger partial charge in [-0.05, 0) is 43.7 Å². The van der Waals surface area contributed by atoms with E-state index < -0.39 is 5.91 Å². The molecule has 0 fully saturated rings. The van der Waals surface area contributed by atoms with Gasteiger partial charge in [-0.2, -0.15) is 0 Å². The number of aromatic amines is 1. The number of benzene rings is 1. The van der Waals surface area contributed by atoms with Crippen molar-refractivity contribution in [3.8, 4) is 0 Å². The van der Waals surface area contributed by atoms with Gasteiger partial charge in [0, 0.05) is 28.2 Å². The third-order valence-electron chi connectivity index (χ3n) is 3.57. The highest BCUT2D eigenvalue weighted by Gasteiger charge is 2.25. The summed E-state index contributed by atoms with van der Waals surface area (Å²) in [4.78, 5) is 26.5. The summed E-state index contributed by atoms with van der Waals surface area (Å²) >= 11 is 0. The van der Waals surface area contributed by atoms with Gasteiger partial charge < -0.3 is 16.0 Å². The Morgan fingerprint density at radius 2 is 2.00 bits per heavy atom. The van der Waals surface area contributed by atoms with E-state index in [9.17, 15) is 9.59 Å². The van der Waals surface area contributed by atoms with Crippen LogP contribution < -0.4 is 11.1 Å². The Labute approximate surface area is 121 Å². The lowest BCUT2D eigenvalue weighted by Crippen LogP contribution is -2.11. The minimum absolute atomic E-state index is 0.182. The fourth-order valence-electron chi connectivity index (χ4n) is 2.53. The van der Waals surface area contributed by atoms with E-state index in [2.05, 4.69) is 10.3 Å². The van der Waals surface area contributed by atoms with Crippen molar-refractivity contribution in [3.63, 3.8) is 0 Å². The van der Waals surface area contributed by atoms with Gasteiger partial charge in [0.2, 0.25) is 5.91 Å². The van der Waals surface area contributed by atoms with E-state index >= 15 is 0 Å². The number of aromatic nitrogens is 1.